The van der Waals surface area contributed by atoms with Crippen LogP contribution >= 0.6 is 0 Å². The van der Waals surface area contributed by atoms with Crippen LogP contribution < -0.4 is 0 Å². The highest BCUT2D eigenvalue weighted by Gasteiger charge is 2.08. The molecule has 1 heterocycles. The Hall–Kier alpha value is -2.03. The van der Waals surface area contributed by atoms with Crippen molar-refractivity contribution in [2.75, 3.05) is 7.11 Å². The SMILES string of the molecule is COC(=O)c1ccc(-c2cc(C)c(C)o2)cc1. The Bertz CT molecular complexity index is 516. The topological polar surface area (TPSA) is 39.4 Å². The lowest BCUT2D eigenvalue weighted by atomic mass is 10.1. The molecular weight excluding hydrogens is 216 g/mol. The summed E-state index contributed by atoms with van der Waals surface area (Å²) in [6.45, 7) is 3.94. The highest BCUT2D eigenvalue weighted by atomic mass is 16.5. The number of esters is 1. The first-order valence-electron chi connectivity index (χ1n) is 5.37. The first-order valence-corrected chi connectivity index (χ1v) is 5.37. The molecule has 0 atom stereocenters. The zero-order valence-corrected chi connectivity index (χ0v) is 10.1. The van der Waals surface area contributed by atoms with Gasteiger partial charge in [-0.2, -0.15) is 0 Å². The molecule has 17 heavy (non-hydrogen) atoms. The molecule has 2 rings (SSSR count). The first-order chi connectivity index (χ1) is 8.11. The normalized spacial score (nSPS) is 10.3. The quantitative estimate of drug-likeness (QED) is 0.743. The predicted molar refractivity (Wildman–Crippen MR) is 65.0 cm³/mol. The van der Waals surface area contributed by atoms with Crippen LogP contribution in [0.3, 0.4) is 0 Å². The van der Waals surface area contributed by atoms with E-state index >= 15 is 0 Å². The predicted octanol–water partition coefficient (Wildman–Crippen LogP) is 3.35. The van der Waals surface area contributed by atoms with Gasteiger partial charge in [0.2, 0.25) is 0 Å². The monoisotopic (exact) mass is 230 g/mol. The zero-order chi connectivity index (χ0) is 12.4. The zero-order valence-electron chi connectivity index (χ0n) is 10.1. The van der Waals surface area contributed by atoms with E-state index in [1.807, 2.05) is 32.0 Å². The fourth-order valence-corrected chi connectivity index (χ4v) is 1.60. The maximum absolute atomic E-state index is 11.3. The van der Waals surface area contributed by atoms with Gasteiger partial charge in [0.1, 0.15) is 11.5 Å². The van der Waals surface area contributed by atoms with Crippen LogP contribution in [0.4, 0.5) is 0 Å². The van der Waals surface area contributed by atoms with Crippen molar-refractivity contribution < 1.29 is 13.9 Å². The summed E-state index contributed by atoms with van der Waals surface area (Å²) in [6.07, 6.45) is 0. The van der Waals surface area contributed by atoms with Crippen molar-refractivity contribution in [1.82, 2.24) is 0 Å². The second-order valence-electron chi connectivity index (χ2n) is 3.92. The molecule has 0 saturated carbocycles. The van der Waals surface area contributed by atoms with Crippen molar-refractivity contribution in [2.24, 2.45) is 0 Å². The number of ether oxygens (including phenoxy) is 1. The van der Waals surface area contributed by atoms with E-state index in [-0.39, 0.29) is 5.97 Å². The molecule has 0 spiro atoms. The summed E-state index contributed by atoms with van der Waals surface area (Å²) < 4.78 is 10.3. The fourth-order valence-electron chi connectivity index (χ4n) is 1.60. The molecule has 0 radical (unpaired) electrons. The summed E-state index contributed by atoms with van der Waals surface area (Å²) >= 11 is 0. The van der Waals surface area contributed by atoms with E-state index in [4.69, 9.17) is 4.42 Å². The number of furan rings is 1. The minimum atomic E-state index is -0.330. The third-order valence-corrected chi connectivity index (χ3v) is 2.76. The van der Waals surface area contributed by atoms with Gasteiger partial charge in [-0.3, -0.25) is 0 Å². The highest BCUT2D eigenvalue weighted by Crippen LogP contribution is 2.25. The van der Waals surface area contributed by atoms with Crippen LogP contribution in [0.5, 0.6) is 0 Å². The van der Waals surface area contributed by atoms with E-state index in [0.29, 0.717) is 5.56 Å². The van der Waals surface area contributed by atoms with Crippen LogP contribution in [0.2, 0.25) is 0 Å². The first kappa shape index (κ1) is 11.5. The van der Waals surface area contributed by atoms with Gasteiger partial charge < -0.3 is 9.15 Å². The minimum Gasteiger partial charge on any atom is -0.465 e. The molecule has 0 N–H and O–H groups in total. The number of carbonyl (C=O) groups is 1. The third kappa shape index (κ3) is 2.23. The number of hydrogen-bond donors (Lipinski definition) is 0. The third-order valence-electron chi connectivity index (χ3n) is 2.76. The second-order valence-corrected chi connectivity index (χ2v) is 3.92. The molecule has 3 nitrogen and oxygen atoms in total. The standard InChI is InChI=1S/C14H14O3/c1-9-8-13(17-10(9)2)11-4-6-12(7-5-11)14(15)16-3/h4-8H,1-3H3. The Labute approximate surface area is 100 Å². The van der Waals surface area contributed by atoms with Crippen LogP contribution in [-0.2, 0) is 4.74 Å². The van der Waals surface area contributed by atoms with E-state index in [9.17, 15) is 4.79 Å². The Kier molecular flexibility index (Phi) is 3.00. The van der Waals surface area contributed by atoms with Crippen LogP contribution in [0.1, 0.15) is 21.7 Å². The second kappa shape index (κ2) is 4.45. The van der Waals surface area contributed by atoms with Gasteiger partial charge in [-0.25, -0.2) is 4.79 Å². The number of rotatable bonds is 2. The summed E-state index contributed by atoms with van der Waals surface area (Å²) in [5, 5.41) is 0. The Morgan fingerprint density at radius 1 is 1.18 bits per heavy atom. The van der Waals surface area contributed by atoms with Crippen LogP contribution in [0, 0.1) is 13.8 Å². The molecule has 0 aliphatic rings. The average molecular weight is 230 g/mol. The summed E-state index contributed by atoms with van der Waals surface area (Å²) in [5.41, 5.74) is 2.61. The lowest BCUT2D eigenvalue weighted by Crippen LogP contribution is -2.00. The van der Waals surface area contributed by atoms with Gasteiger partial charge in [0.15, 0.2) is 0 Å². The van der Waals surface area contributed by atoms with E-state index in [1.165, 1.54) is 7.11 Å². The Morgan fingerprint density at radius 2 is 1.82 bits per heavy atom. The number of aryl methyl sites for hydroxylation is 2. The molecule has 0 saturated heterocycles. The number of carbonyl (C=O) groups excluding carboxylic acids is 1. The molecule has 2 aromatic rings. The molecule has 1 aromatic carbocycles. The molecule has 88 valence electrons. The number of hydrogen-bond acceptors (Lipinski definition) is 3. The Morgan fingerprint density at radius 3 is 2.29 bits per heavy atom. The van der Waals surface area contributed by atoms with E-state index in [0.717, 1.165) is 22.6 Å². The number of benzene rings is 1. The Balaban J connectivity index is 2.32. The van der Waals surface area contributed by atoms with Crippen LogP contribution in [0.15, 0.2) is 34.7 Å². The maximum Gasteiger partial charge on any atom is 0.337 e. The van der Waals surface area contributed by atoms with Crippen LogP contribution in [0.25, 0.3) is 11.3 Å². The van der Waals surface area contributed by atoms with Crippen LogP contribution in [-0.4, -0.2) is 13.1 Å². The molecule has 0 fully saturated rings. The van der Waals surface area contributed by atoms with Gasteiger partial charge >= 0.3 is 5.97 Å². The van der Waals surface area contributed by atoms with Crippen molar-refractivity contribution in [3.63, 3.8) is 0 Å². The molecule has 3 heteroatoms. The van der Waals surface area contributed by atoms with Crippen molar-refractivity contribution in [3.8, 4) is 11.3 Å². The van der Waals surface area contributed by atoms with Crippen molar-refractivity contribution in [1.29, 1.82) is 0 Å². The van der Waals surface area contributed by atoms with Crippen molar-refractivity contribution >= 4 is 5.97 Å². The lowest BCUT2D eigenvalue weighted by Gasteiger charge is -2.00. The van der Waals surface area contributed by atoms with Gasteiger partial charge in [-0.15, -0.1) is 0 Å². The molecule has 0 aliphatic carbocycles. The molecule has 0 unspecified atom stereocenters. The molecule has 0 bridgehead atoms. The minimum absolute atomic E-state index is 0.330. The summed E-state index contributed by atoms with van der Waals surface area (Å²) in [4.78, 5) is 11.3. The van der Waals surface area contributed by atoms with E-state index < -0.39 is 0 Å². The molecule has 0 aliphatic heterocycles. The van der Waals surface area contributed by atoms with Crippen molar-refractivity contribution in [3.05, 3.63) is 47.2 Å². The van der Waals surface area contributed by atoms with Gasteiger partial charge in [0.25, 0.3) is 0 Å². The van der Waals surface area contributed by atoms with Gasteiger partial charge in [-0.1, -0.05) is 12.1 Å². The van der Waals surface area contributed by atoms with Gasteiger partial charge in [0.05, 0.1) is 12.7 Å². The molecule has 1 aromatic heterocycles. The molecule has 0 amide bonds. The van der Waals surface area contributed by atoms with Gasteiger partial charge in [0, 0.05) is 5.56 Å². The maximum atomic E-state index is 11.3. The molecular formula is C14H14O3. The van der Waals surface area contributed by atoms with Gasteiger partial charge in [-0.05, 0) is 37.6 Å². The fraction of sp³-hybridized carbons (Fsp3) is 0.214. The van der Waals surface area contributed by atoms with Crippen molar-refractivity contribution in [2.45, 2.75) is 13.8 Å². The summed E-state index contributed by atoms with van der Waals surface area (Å²) in [7, 11) is 1.37. The smallest absolute Gasteiger partial charge is 0.337 e. The highest BCUT2D eigenvalue weighted by molar-refractivity contribution is 5.89. The largest absolute Gasteiger partial charge is 0.465 e. The average Bonchev–Trinajstić information content (AvgIpc) is 2.69. The number of methoxy groups -OCH3 is 1. The lowest BCUT2D eigenvalue weighted by molar-refractivity contribution is 0.0601. The summed E-state index contributed by atoms with van der Waals surface area (Å²) in [6, 6.07) is 9.15. The van der Waals surface area contributed by atoms with E-state index in [2.05, 4.69) is 4.74 Å². The summed E-state index contributed by atoms with van der Waals surface area (Å²) in [5.74, 6) is 1.40. The van der Waals surface area contributed by atoms with E-state index in [1.54, 1.807) is 12.1 Å².